The van der Waals surface area contributed by atoms with Crippen LogP contribution in [0.1, 0.15) is 30.5 Å². The summed E-state index contributed by atoms with van der Waals surface area (Å²) in [6.45, 7) is 8.11. The van der Waals surface area contributed by atoms with E-state index in [9.17, 15) is 0 Å². The molecule has 1 aromatic carbocycles. The second-order valence-corrected chi connectivity index (χ2v) is 6.31. The summed E-state index contributed by atoms with van der Waals surface area (Å²) >= 11 is 1.60. The van der Waals surface area contributed by atoms with Crippen molar-refractivity contribution >= 4 is 17.4 Å². The maximum atomic E-state index is 6.08. The minimum atomic E-state index is 0.0412. The molecule has 0 bridgehead atoms. The van der Waals surface area contributed by atoms with Crippen molar-refractivity contribution in [2.45, 2.75) is 44.6 Å². The molecule has 0 atom stereocenters. The Labute approximate surface area is 130 Å². The van der Waals surface area contributed by atoms with E-state index < -0.39 is 0 Å². The van der Waals surface area contributed by atoms with Gasteiger partial charge in [0.25, 0.3) is 0 Å². The lowest BCUT2D eigenvalue weighted by Crippen LogP contribution is -2.10. The quantitative estimate of drug-likeness (QED) is 0.673. The van der Waals surface area contributed by atoms with Gasteiger partial charge in [-0.05, 0) is 33.3 Å². The van der Waals surface area contributed by atoms with E-state index >= 15 is 0 Å². The first-order valence-corrected chi connectivity index (χ1v) is 7.91. The molecule has 0 unspecified atom stereocenters. The molecule has 0 aliphatic carbocycles. The molecule has 2 rings (SSSR count). The van der Waals surface area contributed by atoms with Crippen LogP contribution in [0.3, 0.4) is 0 Å². The topological polar surface area (TPSA) is 61.0 Å². The highest BCUT2D eigenvalue weighted by Crippen LogP contribution is 2.31. The van der Waals surface area contributed by atoms with E-state index in [1.165, 1.54) is 23.0 Å². The molecule has 0 aliphatic rings. The molecule has 0 spiro atoms. The third-order valence-electron chi connectivity index (χ3n) is 2.82. The van der Waals surface area contributed by atoms with Gasteiger partial charge in [0, 0.05) is 5.75 Å². The van der Waals surface area contributed by atoms with E-state index in [4.69, 9.17) is 10.5 Å². The molecule has 0 saturated heterocycles. The number of thioether (sulfide) groups is 1. The van der Waals surface area contributed by atoms with Gasteiger partial charge in [0.15, 0.2) is 0 Å². The van der Waals surface area contributed by atoms with Gasteiger partial charge < -0.3 is 10.5 Å². The van der Waals surface area contributed by atoms with Crippen molar-refractivity contribution in [2.24, 2.45) is 0 Å². The Balaban J connectivity index is 2.12. The van der Waals surface area contributed by atoms with Crippen LogP contribution in [0.4, 0.5) is 5.69 Å². The van der Waals surface area contributed by atoms with Gasteiger partial charge in [-0.2, -0.15) is 4.98 Å². The zero-order valence-corrected chi connectivity index (χ0v) is 13.7. The van der Waals surface area contributed by atoms with Crippen LogP contribution in [0.2, 0.25) is 0 Å². The summed E-state index contributed by atoms with van der Waals surface area (Å²) < 4.78 is 5.59. The molecule has 0 amide bonds. The molecule has 0 aliphatic heterocycles. The number of aryl methyl sites for hydroxylation is 2. The van der Waals surface area contributed by atoms with E-state index in [-0.39, 0.29) is 6.10 Å². The van der Waals surface area contributed by atoms with Crippen LogP contribution < -0.4 is 10.5 Å². The van der Waals surface area contributed by atoms with E-state index in [1.807, 2.05) is 13.8 Å². The van der Waals surface area contributed by atoms with Crippen LogP contribution in [0, 0.1) is 13.8 Å². The Bertz CT molecular complexity index is 609. The fraction of sp³-hybridized carbons (Fsp3) is 0.375. The number of ether oxygens (including phenoxy) is 1. The number of aromatic nitrogens is 2. The van der Waals surface area contributed by atoms with Crippen LogP contribution in [0.25, 0.3) is 0 Å². The van der Waals surface area contributed by atoms with E-state index in [0.29, 0.717) is 11.6 Å². The lowest BCUT2D eigenvalue weighted by molar-refractivity contribution is 0.233. The number of hydrogen-bond donors (Lipinski definition) is 1. The van der Waals surface area contributed by atoms with Crippen LogP contribution in [-0.4, -0.2) is 16.1 Å². The van der Waals surface area contributed by atoms with Gasteiger partial charge in [0.2, 0.25) is 5.88 Å². The van der Waals surface area contributed by atoms with Crippen LogP contribution in [0.15, 0.2) is 29.6 Å². The van der Waals surface area contributed by atoms with Crippen molar-refractivity contribution < 1.29 is 4.74 Å². The summed E-state index contributed by atoms with van der Waals surface area (Å²) in [6.07, 6.45) is 1.54. The Kier molecular flexibility index (Phi) is 5.07. The van der Waals surface area contributed by atoms with Crippen molar-refractivity contribution in [3.8, 4) is 5.88 Å². The molecular weight excluding hydrogens is 282 g/mol. The molecular formula is C16H21N3OS. The van der Waals surface area contributed by atoms with Gasteiger partial charge in [-0.25, -0.2) is 4.98 Å². The summed E-state index contributed by atoms with van der Waals surface area (Å²) in [5, 5.41) is 0.764. The second kappa shape index (κ2) is 6.80. The molecule has 0 radical (unpaired) electrons. The number of nitrogens with zero attached hydrogens (tertiary/aromatic N) is 2. The van der Waals surface area contributed by atoms with Gasteiger partial charge in [-0.15, -0.1) is 0 Å². The number of nitrogen functional groups attached to an aromatic ring is 1. The van der Waals surface area contributed by atoms with Crippen LogP contribution in [-0.2, 0) is 5.75 Å². The normalized spacial score (nSPS) is 10.9. The number of nitrogens with two attached hydrogens (primary N) is 1. The van der Waals surface area contributed by atoms with Crippen molar-refractivity contribution in [3.63, 3.8) is 0 Å². The first-order chi connectivity index (χ1) is 9.95. The minimum absolute atomic E-state index is 0.0412. The number of anilines is 1. The van der Waals surface area contributed by atoms with Gasteiger partial charge in [-0.1, -0.05) is 41.1 Å². The maximum Gasteiger partial charge on any atom is 0.241 e. The first-order valence-electron chi connectivity index (χ1n) is 6.93. The highest BCUT2D eigenvalue weighted by molar-refractivity contribution is 7.98. The lowest BCUT2D eigenvalue weighted by atomic mass is 10.1. The third kappa shape index (κ3) is 4.36. The maximum absolute atomic E-state index is 6.08. The monoisotopic (exact) mass is 303 g/mol. The SMILES string of the molecule is Cc1cc(C)cc(CSc2ncnc(OC(C)C)c2N)c1. The largest absolute Gasteiger partial charge is 0.473 e. The van der Waals surface area contributed by atoms with E-state index in [2.05, 4.69) is 42.0 Å². The Morgan fingerprint density at radius 1 is 1.14 bits per heavy atom. The molecule has 5 heteroatoms. The summed E-state index contributed by atoms with van der Waals surface area (Å²) in [4.78, 5) is 8.34. The third-order valence-corrected chi connectivity index (χ3v) is 3.89. The molecule has 1 heterocycles. The number of rotatable bonds is 5. The lowest BCUT2D eigenvalue weighted by Gasteiger charge is -2.12. The highest BCUT2D eigenvalue weighted by atomic mass is 32.2. The summed E-state index contributed by atoms with van der Waals surface area (Å²) in [5.74, 6) is 1.29. The van der Waals surface area contributed by atoms with Gasteiger partial charge in [-0.3, -0.25) is 0 Å². The van der Waals surface area contributed by atoms with Crippen LogP contribution in [0.5, 0.6) is 5.88 Å². The fourth-order valence-electron chi connectivity index (χ4n) is 2.10. The molecule has 0 fully saturated rings. The van der Waals surface area contributed by atoms with Crippen molar-refractivity contribution in [1.82, 2.24) is 9.97 Å². The van der Waals surface area contributed by atoms with Crippen molar-refractivity contribution in [2.75, 3.05) is 5.73 Å². The van der Waals surface area contributed by atoms with E-state index in [0.717, 1.165) is 10.8 Å². The smallest absolute Gasteiger partial charge is 0.241 e. The molecule has 1 aromatic heterocycles. The van der Waals surface area contributed by atoms with Crippen molar-refractivity contribution in [3.05, 3.63) is 41.2 Å². The van der Waals surface area contributed by atoms with Crippen molar-refractivity contribution in [1.29, 1.82) is 0 Å². The number of benzene rings is 1. The Morgan fingerprint density at radius 3 is 2.43 bits per heavy atom. The molecule has 112 valence electrons. The molecule has 21 heavy (non-hydrogen) atoms. The predicted octanol–water partition coefficient (Wildman–Crippen LogP) is 3.76. The standard InChI is InChI=1S/C16H21N3OS/c1-10(2)20-15-14(17)16(19-9-18-15)21-8-13-6-11(3)5-12(4)7-13/h5-7,9-10H,8,17H2,1-4H3. The molecule has 0 saturated carbocycles. The zero-order valence-electron chi connectivity index (χ0n) is 12.9. The summed E-state index contributed by atoms with van der Waals surface area (Å²) in [7, 11) is 0. The fourth-order valence-corrected chi connectivity index (χ4v) is 2.94. The Morgan fingerprint density at radius 2 is 1.81 bits per heavy atom. The molecule has 2 aromatic rings. The molecule has 2 N–H and O–H groups in total. The Hall–Kier alpha value is -1.75. The van der Waals surface area contributed by atoms with E-state index in [1.54, 1.807) is 11.8 Å². The average Bonchev–Trinajstić information content (AvgIpc) is 2.38. The van der Waals surface area contributed by atoms with Gasteiger partial charge in [0.05, 0.1) is 6.10 Å². The van der Waals surface area contributed by atoms with Gasteiger partial charge >= 0.3 is 0 Å². The van der Waals surface area contributed by atoms with Gasteiger partial charge in [0.1, 0.15) is 17.0 Å². The first kappa shape index (κ1) is 15.6. The molecule has 4 nitrogen and oxygen atoms in total. The minimum Gasteiger partial charge on any atom is -0.473 e. The highest BCUT2D eigenvalue weighted by Gasteiger charge is 2.11. The van der Waals surface area contributed by atoms with Crippen LogP contribution >= 0.6 is 11.8 Å². The summed E-state index contributed by atoms with van der Waals surface area (Å²) in [5.41, 5.74) is 10.4. The zero-order chi connectivity index (χ0) is 15.4. The number of hydrogen-bond acceptors (Lipinski definition) is 5. The summed E-state index contributed by atoms with van der Waals surface area (Å²) in [6, 6.07) is 6.54. The average molecular weight is 303 g/mol. The second-order valence-electron chi connectivity index (χ2n) is 5.35. The predicted molar refractivity (Wildman–Crippen MR) is 87.7 cm³/mol.